The molecule has 0 unspecified atom stereocenters. The molecule has 2 rings (SSSR count). The molecule has 0 saturated carbocycles. The van der Waals surface area contributed by atoms with Crippen LogP contribution in [0, 0.1) is 27.7 Å². The predicted octanol–water partition coefficient (Wildman–Crippen LogP) is 3.16. The number of nitrogens with zero attached hydrogens (tertiary/aromatic N) is 1. The van der Waals surface area contributed by atoms with Gasteiger partial charge in [-0.1, -0.05) is 6.07 Å². The number of nitrogen functional groups attached to an aromatic ring is 1. The predicted molar refractivity (Wildman–Crippen MR) is 65.3 cm³/mol. The van der Waals surface area contributed by atoms with Crippen molar-refractivity contribution >= 4 is 6.01 Å². The van der Waals surface area contributed by atoms with Crippen molar-refractivity contribution in [1.29, 1.82) is 0 Å². The first-order valence-electron chi connectivity index (χ1n) is 5.30. The maximum absolute atomic E-state index is 5.56. The van der Waals surface area contributed by atoms with E-state index in [1.807, 2.05) is 6.92 Å². The minimum atomic E-state index is 0.227. The first kappa shape index (κ1) is 10.7. The molecular formula is C13H16N2O. The molecular weight excluding hydrogens is 200 g/mol. The van der Waals surface area contributed by atoms with E-state index in [-0.39, 0.29) is 6.01 Å². The molecule has 16 heavy (non-hydrogen) atoms. The van der Waals surface area contributed by atoms with Gasteiger partial charge in [0.15, 0.2) is 0 Å². The molecule has 1 heterocycles. The molecule has 0 aliphatic heterocycles. The molecule has 0 fully saturated rings. The van der Waals surface area contributed by atoms with Gasteiger partial charge in [-0.3, -0.25) is 0 Å². The van der Waals surface area contributed by atoms with Crippen LogP contribution in [0.1, 0.15) is 22.5 Å². The van der Waals surface area contributed by atoms with Crippen molar-refractivity contribution < 1.29 is 4.42 Å². The van der Waals surface area contributed by atoms with Gasteiger partial charge in [0.05, 0.1) is 0 Å². The maximum atomic E-state index is 5.56. The highest BCUT2D eigenvalue weighted by molar-refractivity contribution is 5.67. The first-order valence-corrected chi connectivity index (χ1v) is 5.30. The van der Waals surface area contributed by atoms with Crippen molar-refractivity contribution in [1.82, 2.24) is 4.98 Å². The quantitative estimate of drug-likeness (QED) is 0.796. The van der Waals surface area contributed by atoms with Crippen LogP contribution < -0.4 is 5.73 Å². The Kier molecular flexibility index (Phi) is 2.46. The molecule has 1 aromatic carbocycles. The van der Waals surface area contributed by atoms with E-state index in [4.69, 9.17) is 10.2 Å². The van der Waals surface area contributed by atoms with Crippen LogP contribution in [0.2, 0.25) is 0 Å². The molecule has 2 N–H and O–H groups in total. The first-order chi connectivity index (χ1) is 7.49. The Morgan fingerprint density at radius 2 is 1.62 bits per heavy atom. The number of hydrogen-bond donors (Lipinski definition) is 1. The lowest BCUT2D eigenvalue weighted by Gasteiger charge is -2.07. The van der Waals surface area contributed by atoms with Crippen molar-refractivity contribution in [3.8, 4) is 11.3 Å². The second kappa shape index (κ2) is 3.67. The van der Waals surface area contributed by atoms with E-state index in [1.165, 1.54) is 16.7 Å². The number of oxazole rings is 1. The summed E-state index contributed by atoms with van der Waals surface area (Å²) in [6.45, 7) is 8.16. The minimum Gasteiger partial charge on any atom is -0.429 e. The molecule has 0 radical (unpaired) electrons. The molecule has 0 atom stereocenters. The van der Waals surface area contributed by atoms with Gasteiger partial charge in [-0.25, -0.2) is 0 Å². The standard InChI is InChI=1S/C13H16N2O/c1-7-5-9(3)11(6-8(7)2)12-10(4)16-13(14)15-12/h5-6H,1-4H3,(H2,14,15). The second-order valence-corrected chi connectivity index (χ2v) is 4.21. The zero-order valence-electron chi connectivity index (χ0n) is 10.1. The van der Waals surface area contributed by atoms with Gasteiger partial charge in [-0.05, 0) is 50.5 Å². The van der Waals surface area contributed by atoms with Crippen LogP contribution in [-0.2, 0) is 0 Å². The van der Waals surface area contributed by atoms with E-state index >= 15 is 0 Å². The number of nitrogens with two attached hydrogens (primary N) is 1. The molecule has 1 aromatic heterocycles. The van der Waals surface area contributed by atoms with E-state index in [0.29, 0.717) is 0 Å². The molecule has 84 valence electrons. The summed E-state index contributed by atoms with van der Waals surface area (Å²) in [5.41, 5.74) is 11.2. The van der Waals surface area contributed by atoms with Crippen LogP contribution in [0.3, 0.4) is 0 Å². The van der Waals surface area contributed by atoms with Gasteiger partial charge in [-0.2, -0.15) is 4.98 Å². The Labute approximate surface area is 95.3 Å². The Hall–Kier alpha value is -1.77. The Morgan fingerprint density at radius 3 is 2.19 bits per heavy atom. The van der Waals surface area contributed by atoms with Crippen molar-refractivity contribution in [2.75, 3.05) is 5.73 Å². The third kappa shape index (κ3) is 1.69. The van der Waals surface area contributed by atoms with Gasteiger partial charge in [0.1, 0.15) is 11.5 Å². The Bertz CT molecular complexity index is 541. The summed E-state index contributed by atoms with van der Waals surface area (Å²) < 4.78 is 5.26. The zero-order chi connectivity index (χ0) is 11.9. The van der Waals surface area contributed by atoms with Crippen LogP contribution >= 0.6 is 0 Å². The van der Waals surface area contributed by atoms with Crippen LogP contribution in [0.15, 0.2) is 16.5 Å². The van der Waals surface area contributed by atoms with E-state index in [0.717, 1.165) is 17.0 Å². The monoisotopic (exact) mass is 216 g/mol. The van der Waals surface area contributed by atoms with Gasteiger partial charge in [0.2, 0.25) is 0 Å². The molecule has 0 spiro atoms. The normalized spacial score (nSPS) is 10.8. The summed E-state index contributed by atoms with van der Waals surface area (Å²) in [4.78, 5) is 4.22. The molecule has 0 bridgehead atoms. The zero-order valence-corrected chi connectivity index (χ0v) is 10.1. The molecule has 0 saturated heterocycles. The fourth-order valence-corrected chi connectivity index (χ4v) is 1.88. The van der Waals surface area contributed by atoms with Gasteiger partial charge in [-0.15, -0.1) is 0 Å². The number of rotatable bonds is 1. The second-order valence-electron chi connectivity index (χ2n) is 4.21. The minimum absolute atomic E-state index is 0.227. The lowest BCUT2D eigenvalue weighted by Crippen LogP contribution is -1.91. The Morgan fingerprint density at radius 1 is 1.00 bits per heavy atom. The van der Waals surface area contributed by atoms with Gasteiger partial charge >= 0.3 is 0 Å². The fourth-order valence-electron chi connectivity index (χ4n) is 1.88. The van der Waals surface area contributed by atoms with Crippen molar-refractivity contribution in [2.45, 2.75) is 27.7 Å². The average molecular weight is 216 g/mol. The van der Waals surface area contributed by atoms with Crippen LogP contribution in [0.5, 0.6) is 0 Å². The summed E-state index contributed by atoms with van der Waals surface area (Å²) in [6, 6.07) is 4.52. The van der Waals surface area contributed by atoms with Crippen molar-refractivity contribution in [3.63, 3.8) is 0 Å². The number of hydrogen-bond acceptors (Lipinski definition) is 3. The molecule has 0 aliphatic carbocycles. The highest BCUT2D eigenvalue weighted by atomic mass is 16.4. The van der Waals surface area contributed by atoms with E-state index in [9.17, 15) is 0 Å². The number of aryl methyl sites for hydroxylation is 4. The van der Waals surface area contributed by atoms with E-state index in [2.05, 4.69) is 37.9 Å². The summed E-state index contributed by atoms with van der Waals surface area (Å²) in [7, 11) is 0. The highest BCUT2D eigenvalue weighted by Crippen LogP contribution is 2.29. The van der Waals surface area contributed by atoms with E-state index in [1.54, 1.807) is 0 Å². The summed E-state index contributed by atoms with van der Waals surface area (Å²) in [5, 5.41) is 0. The van der Waals surface area contributed by atoms with Crippen molar-refractivity contribution in [2.24, 2.45) is 0 Å². The fraction of sp³-hybridized carbons (Fsp3) is 0.308. The lowest BCUT2D eigenvalue weighted by molar-refractivity contribution is 0.549. The summed E-state index contributed by atoms with van der Waals surface area (Å²) >= 11 is 0. The number of anilines is 1. The largest absolute Gasteiger partial charge is 0.429 e. The van der Waals surface area contributed by atoms with Gasteiger partial charge in [0.25, 0.3) is 6.01 Å². The molecule has 0 amide bonds. The SMILES string of the molecule is Cc1cc(C)c(-c2nc(N)oc2C)cc1C. The maximum Gasteiger partial charge on any atom is 0.292 e. The van der Waals surface area contributed by atoms with Crippen LogP contribution in [0.25, 0.3) is 11.3 Å². The smallest absolute Gasteiger partial charge is 0.292 e. The molecule has 3 nitrogen and oxygen atoms in total. The molecule has 3 heteroatoms. The highest BCUT2D eigenvalue weighted by Gasteiger charge is 2.12. The lowest BCUT2D eigenvalue weighted by atomic mass is 9.98. The average Bonchev–Trinajstić information content (AvgIpc) is 2.51. The number of aromatic nitrogens is 1. The summed E-state index contributed by atoms with van der Waals surface area (Å²) in [6.07, 6.45) is 0. The van der Waals surface area contributed by atoms with Crippen molar-refractivity contribution in [3.05, 3.63) is 34.6 Å². The Balaban J connectivity index is 2.64. The van der Waals surface area contributed by atoms with Crippen LogP contribution in [-0.4, -0.2) is 4.98 Å². The van der Waals surface area contributed by atoms with Gasteiger partial charge < -0.3 is 10.2 Å². The third-order valence-electron chi connectivity index (χ3n) is 2.91. The topological polar surface area (TPSA) is 52.0 Å². The summed E-state index contributed by atoms with van der Waals surface area (Å²) in [5.74, 6) is 0.767. The molecule has 0 aliphatic rings. The van der Waals surface area contributed by atoms with Crippen LogP contribution in [0.4, 0.5) is 6.01 Å². The van der Waals surface area contributed by atoms with E-state index < -0.39 is 0 Å². The number of benzene rings is 1. The third-order valence-corrected chi connectivity index (χ3v) is 2.91. The van der Waals surface area contributed by atoms with Gasteiger partial charge in [0, 0.05) is 5.56 Å². The molecule has 2 aromatic rings.